The lowest BCUT2D eigenvalue weighted by atomic mass is 10.1. The highest BCUT2D eigenvalue weighted by molar-refractivity contribution is 7.55. The number of nitrogens with one attached hydrogen (secondary N) is 1. The average molecular weight is 486 g/mol. The van der Waals surface area contributed by atoms with Gasteiger partial charge in [0.2, 0.25) is 0 Å². The third-order valence-corrected chi connectivity index (χ3v) is 6.96. The number of rotatable bonds is 12. The van der Waals surface area contributed by atoms with Crippen LogP contribution in [0.1, 0.15) is 32.1 Å². The lowest BCUT2D eigenvalue weighted by Crippen LogP contribution is -2.40. The predicted molar refractivity (Wildman–Crippen MR) is 108 cm³/mol. The maximum absolute atomic E-state index is 15.0. The van der Waals surface area contributed by atoms with Gasteiger partial charge in [-0.15, -0.1) is 0 Å². The number of aliphatic hydroxyl groups is 1. The molecule has 0 saturated carbocycles. The second-order valence-electron chi connectivity index (χ2n) is 7.07. The van der Waals surface area contributed by atoms with Gasteiger partial charge in [-0.2, -0.15) is 8.78 Å². The summed E-state index contributed by atoms with van der Waals surface area (Å²) in [5.74, 6) is 0. The van der Waals surface area contributed by atoms with Gasteiger partial charge in [-0.05, 0) is 20.8 Å². The third kappa shape index (κ3) is 5.71. The molecule has 0 radical (unpaired) electrons. The molecule has 1 saturated heterocycles. The molecule has 0 spiro atoms. The van der Waals surface area contributed by atoms with E-state index in [4.69, 9.17) is 23.3 Å². The van der Waals surface area contributed by atoms with Crippen molar-refractivity contribution >= 4 is 7.60 Å². The van der Waals surface area contributed by atoms with E-state index in [9.17, 15) is 28.0 Å². The SMILES string of the molecule is CCOP(=O)(OCC)C(F)(F)C[C@H]1OC(n2cc(C)c(=O)[nH]c2=O)[C@H](OCCOC)[C@@H]1O. The summed E-state index contributed by atoms with van der Waals surface area (Å²) in [4.78, 5) is 26.1. The highest BCUT2D eigenvalue weighted by atomic mass is 31.2. The van der Waals surface area contributed by atoms with Crippen molar-refractivity contribution in [2.24, 2.45) is 0 Å². The standard InChI is InChI=1S/C18H29F2N2O9P/c1-5-29-32(26,30-6-2)18(19,20)9-12-13(23)14(28-8-7-27-4)16(31-12)22-10-11(3)15(24)21-17(22)25/h10,12-14,16,23H,5-9H2,1-4H3,(H,21,24,25)/t12-,13-,14-,16?/m1/s1. The van der Waals surface area contributed by atoms with E-state index in [0.29, 0.717) is 0 Å². The topological polar surface area (TPSA) is 138 Å². The molecule has 184 valence electrons. The van der Waals surface area contributed by atoms with Gasteiger partial charge in [-0.25, -0.2) is 4.79 Å². The first-order chi connectivity index (χ1) is 15.0. The number of halogens is 2. The van der Waals surface area contributed by atoms with E-state index in [2.05, 4.69) is 4.98 Å². The third-order valence-electron chi connectivity index (χ3n) is 4.78. The van der Waals surface area contributed by atoms with Gasteiger partial charge in [-0.1, -0.05) is 0 Å². The number of H-pyrrole nitrogens is 1. The molecule has 1 aliphatic heterocycles. The summed E-state index contributed by atoms with van der Waals surface area (Å²) < 4.78 is 69.0. The Kier molecular flexibility index (Phi) is 9.29. The molecule has 0 aromatic carbocycles. The number of aromatic nitrogens is 2. The van der Waals surface area contributed by atoms with Crippen LogP contribution in [0.25, 0.3) is 0 Å². The molecule has 2 heterocycles. The largest absolute Gasteiger partial charge is 0.399 e. The summed E-state index contributed by atoms with van der Waals surface area (Å²) in [5, 5.41) is 10.7. The molecule has 2 N–H and O–H groups in total. The van der Waals surface area contributed by atoms with Crippen molar-refractivity contribution in [3.8, 4) is 0 Å². The summed E-state index contributed by atoms with van der Waals surface area (Å²) in [6, 6.07) is 0. The first-order valence-corrected chi connectivity index (χ1v) is 11.6. The minimum atomic E-state index is -4.86. The molecule has 4 atom stereocenters. The van der Waals surface area contributed by atoms with Crippen molar-refractivity contribution in [3.63, 3.8) is 0 Å². The van der Waals surface area contributed by atoms with Gasteiger partial charge in [0.15, 0.2) is 6.23 Å². The van der Waals surface area contributed by atoms with E-state index in [-0.39, 0.29) is 32.0 Å². The fourth-order valence-electron chi connectivity index (χ4n) is 3.25. The van der Waals surface area contributed by atoms with Gasteiger partial charge in [0.25, 0.3) is 5.56 Å². The molecule has 11 nitrogen and oxygen atoms in total. The number of alkyl halides is 2. The van der Waals surface area contributed by atoms with Gasteiger partial charge in [0, 0.05) is 18.9 Å². The molecule has 2 rings (SSSR count). The smallest absolute Gasteiger partial charge is 0.388 e. The molecule has 1 unspecified atom stereocenters. The van der Waals surface area contributed by atoms with Crippen molar-refractivity contribution in [1.29, 1.82) is 0 Å². The second-order valence-corrected chi connectivity index (χ2v) is 9.23. The zero-order valence-electron chi connectivity index (χ0n) is 18.3. The lowest BCUT2D eigenvalue weighted by Gasteiger charge is -2.28. The Balaban J connectivity index is 2.37. The van der Waals surface area contributed by atoms with Crippen molar-refractivity contribution < 1.29 is 41.7 Å². The van der Waals surface area contributed by atoms with Crippen molar-refractivity contribution in [2.75, 3.05) is 33.5 Å². The molecular weight excluding hydrogens is 457 g/mol. The first kappa shape index (κ1) is 26.8. The zero-order valence-corrected chi connectivity index (χ0v) is 19.2. The highest BCUT2D eigenvalue weighted by Gasteiger charge is 2.58. The normalized spacial score (nSPS) is 24.2. The van der Waals surface area contributed by atoms with E-state index in [0.717, 1.165) is 4.57 Å². The molecule has 1 fully saturated rings. The maximum Gasteiger partial charge on any atom is 0.399 e. The molecule has 1 aliphatic rings. The number of aryl methyl sites for hydroxylation is 1. The van der Waals surface area contributed by atoms with E-state index < -0.39 is 55.5 Å². The van der Waals surface area contributed by atoms with Gasteiger partial charge in [-0.3, -0.25) is 18.9 Å². The molecular formula is C18H29F2N2O9P. The lowest BCUT2D eigenvalue weighted by molar-refractivity contribution is -0.0862. The number of ether oxygens (including phenoxy) is 3. The summed E-state index contributed by atoms with van der Waals surface area (Å²) in [5.41, 5.74) is -5.34. The Hall–Kier alpha value is -1.47. The van der Waals surface area contributed by atoms with Crippen molar-refractivity contribution in [3.05, 3.63) is 32.6 Å². The van der Waals surface area contributed by atoms with Crippen LogP contribution in [0.4, 0.5) is 8.78 Å². The molecule has 0 bridgehead atoms. The highest BCUT2D eigenvalue weighted by Crippen LogP contribution is 2.64. The van der Waals surface area contributed by atoms with E-state index >= 15 is 0 Å². The zero-order chi connectivity index (χ0) is 24.1. The van der Waals surface area contributed by atoms with Crippen LogP contribution in [0, 0.1) is 6.92 Å². The predicted octanol–water partition coefficient (Wildman–Crippen LogP) is 1.38. The van der Waals surface area contributed by atoms with Crippen LogP contribution >= 0.6 is 7.60 Å². The Bertz CT molecular complexity index is 912. The number of methoxy groups -OCH3 is 1. The van der Waals surface area contributed by atoms with Crippen molar-refractivity contribution in [2.45, 2.75) is 57.4 Å². The minimum absolute atomic E-state index is 0.0331. The van der Waals surface area contributed by atoms with Gasteiger partial charge < -0.3 is 28.4 Å². The first-order valence-electron chi connectivity index (χ1n) is 10.0. The molecule has 1 aromatic rings. The average Bonchev–Trinajstić information content (AvgIpc) is 3.00. The van der Waals surface area contributed by atoms with Crippen LogP contribution in [0.15, 0.2) is 15.8 Å². The Morgan fingerprint density at radius 1 is 1.25 bits per heavy atom. The van der Waals surface area contributed by atoms with Crippen LogP contribution in [0.3, 0.4) is 0 Å². The van der Waals surface area contributed by atoms with Gasteiger partial charge in [0.1, 0.15) is 12.2 Å². The second kappa shape index (κ2) is 11.1. The minimum Gasteiger partial charge on any atom is -0.388 e. The molecule has 32 heavy (non-hydrogen) atoms. The monoisotopic (exact) mass is 486 g/mol. The molecule has 0 aliphatic carbocycles. The van der Waals surface area contributed by atoms with Crippen LogP contribution in [0.2, 0.25) is 0 Å². The Morgan fingerprint density at radius 2 is 1.88 bits per heavy atom. The fourth-order valence-corrected chi connectivity index (χ4v) is 4.79. The number of aliphatic hydroxyl groups excluding tert-OH is 1. The fraction of sp³-hybridized carbons (Fsp3) is 0.778. The summed E-state index contributed by atoms with van der Waals surface area (Å²) in [6.07, 6.45) is -5.86. The Morgan fingerprint density at radius 3 is 2.44 bits per heavy atom. The van der Waals surface area contributed by atoms with Crippen LogP contribution in [0.5, 0.6) is 0 Å². The van der Waals surface area contributed by atoms with Crippen LogP contribution in [-0.2, 0) is 27.8 Å². The van der Waals surface area contributed by atoms with E-state index in [1.165, 1.54) is 34.1 Å². The van der Waals surface area contributed by atoms with E-state index in [1.54, 1.807) is 0 Å². The number of hydrogen-bond acceptors (Lipinski definition) is 9. The van der Waals surface area contributed by atoms with Crippen LogP contribution in [-0.4, -0.2) is 72.2 Å². The van der Waals surface area contributed by atoms with Crippen LogP contribution < -0.4 is 11.2 Å². The summed E-state index contributed by atoms with van der Waals surface area (Å²) in [6.45, 7) is 3.76. The van der Waals surface area contributed by atoms with E-state index in [1.807, 2.05) is 0 Å². The Labute approximate surface area is 183 Å². The van der Waals surface area contributed by atoms with Gasteiger partial charge >= 0.3 is 18.9 Å². The molecule has 1 aromatic heterocycles. The number of aromatic amines is 1. The summed E-state index contributed by atoms with van der Waals surface area (Å²) in [7, 11) is -3.45. The maximum atomic E-state index is 15.0. The molecule has 14 heteroatoms. The number of nitrogens with zero attached hydrogens (tertiary/aromatic N) is 1. The van der Waals surface area contributed by atoms with Gasteiger partial charge in [0.05, 0.1) is 39.0 Å². The summed E-state index contributed by atoms with van der Waals surface area (Å²) >= 11 is 0. The quantitative estimate of drug-likeness (QED) is 0.331. The molecule has 0 amide bonds. The number of hydrogen-bond donors (Lipinski definition) is 2. The van der Waals surface area contributed by atoms with Crippen molar-refractivity contribution in [1.82, 2.24) is 9.55 Å².